The Labute approximate surface area is 158 Å². The smallest absolute Gasteiger partial charge is 0.272 e. The van der Waals surface area contributed by atoms with Gasteiger partial charge in [-0.3, -0.25) is 9.89 Å². The Morgan fingerprint density at radius 1 is 1.04 bits per heavy atom. The molecule has 0 aliphatic carbocycles. The van der Waals surface area contributed by atoms with Crippen LogP contribution in [0.5, 0.6) is 0 Å². The third-order valence-corrected chi connectivity index (χ3v) is 5.37. The van der Waals surface area contributed by atoms with Crippen molar-refractivity contribution >= 4 is 5.91 Å². The lowest BCUT2D eigenvalue weighted by atomic mass is 10.0. The Kier molecular flexibility index (Phi) is 4.48. The normalized spacial score (nSPS) is 14.0. The van der Waals surface area contributed by atoms with E-state index in [1.807, 2.05) is 18.7 Å². The Morgan fingerprint density at radius 3 is 2.56 bits per heavy atom. The first kappa shape index (κ1) is 17.4. The molecule has 3 heterocycles. The van der Waals surface area contributed by atoms with E-state index in [0.29, 0.717) is 18.8 Å². The summed E-state index contributed by atoms with van der Waals surface area (Å²) in [7, 11) is 0. The monoisotopic (exact) mass is 361 g/mol. The Morgan fingerprint density at radius 2 is 1.78 bits per heavy atom. The number of aromatic nitrogens is 4. The summed E-state index contributed by atoms with van der Waals surface area (Å²) in [6, 6.07) is 8.41. The number of carbonyl (C=O) groups excluding carboxylic acids is 1. The molecule has 0 saturated carbocycles. The topological polar surface area (TPSA) is 74.8 Å². The molecule has 0 atom stereocenters. The van der Waals surface area contributed by atoms with Crippen LogP contribution >= 0.6 is 0 Å². The number of fused-ring (bicyclic) bond motifs is 1. The number of rotatable bonds is 2. The molecule has 0 bridgehead atoms. The van der Waals surface area contributed by atoms with Crippen LogP contribution in [0.3, 0.4) is 0 Å². The molecule has 1 aliphatic rings. The molecule has 6 heteroatoms. The standard InChI is InChI=1S/C21H23N5O/c1-13-4-6-16(7-5-13)20-17-8-10-26(11-9-18(17)24-25-20)21(27)19-14(2)15(3)22-12-23-19/h4-7,12H,8-11H2,1-3H3,(H,24,25). The zero-order valence-corrected chi connectivity index (χ0v) is 15.9. The van der Waals surface area contributed by atoms with Crippen molar-refractivity contribution < 1.29 is 4.79 Å². The number of nitrogens with one attached hydrogen (secondary N) is 1. The summed E-state index contributed by atoms with van der Waals surface area (Å²) in [6.45, 7) is 7.20. The highest BCUT2D eigenvalue weighted by molar-refractivity contribution is 5.93. The highest BCUT2D eigenvalue weighted by Gasteiger charge is 2.25. The van der Waals surface area contributed by atoms with Crippen molar-refractivity contribution in [2.75, 3.05) is 13.1 Å². The minimum atomic E-state index is -0.0204. The highest BCUT2D eigenvalue weighted by Crippen LogP contribution is 2.27. The molecule has 0 fully saturated rings. The fourth-order valence-corrected chi connectivity index (χ4v) is 3.54. The van der Waals surface area contributed by atoms with Gasteiger partial charge in [-0.2, -0.15) is 5.10 Å². The molecule has 0 unspecified atom stereocenters. The maximum absolute atomic E-state index is 13.0. The van der Waals surface area contributed by atoms with Gasteiger partial charge in [-0.15, -0.1) is 0 Å². The van der Waals surface area contributed by atoms with Crippen molar-refractivity contribution in [2.45, 2.75) is 33.6 Å². The number of benzene rings is 1. The third kappa shape index (κ3) is 3.23. The fraction of sp³-hybridized carbons (Fsp3) is 0.333. The van der Waals surface area contributed by atoms with E-state index in [2.05, 4.69) is 51.4 Å². The SMILES string of the molecule is Cc1ccc(-c2n[nH]c3c2CCN(C(=O)c2ncnc(C)c2C)CC3)cc1. The lowest BCUT2D eigenvalue weighted by molar-refractivity contribution is 0.0755. The largest absolute Gasteiger partial charge is 0.337 e. The second-order valence-electron chi connectivity index (χ2n) is 7.12. The van der Waals surface area contributed by atoms with E-state index in [1.165, 1.54) is 17.5 Å². The average Bonchev–Trinajstić information content (AvgIpc) is 2.95. The Balaban J connectivity index is 1.58. The number of hydrogen-bond donors (Lipinski definition) is 1. The zero-order chi connectivity index (χ0) is 19.0. The summed E-state index contributed by atoms with van der Waals surface area (Å²) in [5, 5.41) is 7.73. The number of nitrogens with zero attached hydrogens (tertiary/aromatic N) is 4. The maximum Gasteiger partial charge on any atom is 0.272 e. The molecular weight excluding hydrogens is 338 g/mol. The Bertz CT molecular complexity index is 990. The summed E-state index contributed by atoms with van der Waals surface area (Å²) >= 11 is 0. The van der Waals surface area contributed by atoms with E-state index in [-0.39, 0.29) is 5.91 Å². The van der Waals surface area contributed by atoms with Crippen molar-refractivity contribution in [1.29, 1.82) is 0 Å². The van der Waals surface area contributed by atoms with Crippen LogP contribution < -0.4 is 0 Å². The molecule has 0 saturated heterocycles. The van der Waals surface area contributed by atoms with Crippen LogP contribution in [0.2, 0.25) is 0 Å². The van der Waals surface area contributed by atoms with Gasteiger partial charge in [0.05, 0.1) is 5.69 Å². The summed E-state index contributed by atoms with van der Waals surface area (Å²) < 4.78 is 0. The van der Waals surface area contributed by atoms with Gasteiger partial charge in [-0.1, -0.05) is 29.8 Å². The van der Waals surface area contributed by atoms with Crippen molar-refractivity contribution in [3.8, 4) is 11.3 Å². The van der Waals surface area contributed by atoms with Gasteiger partial charge in [-0.25, -0.2) is 9.97 Å². The first-order valence-electron chi connectivity index (χ1n) is 9.25. The van der Waals surface area contributed by atoms with Crippen LogP contribution in [0.4, 0.5) is 0 Å². The Hall–Kier alpha value is -3.02. The van der Waals surface area contributed by atoms with Crippen LogP contribution in [-0.4, -0.2) is 44.1 Å². The molecule has 1 aromatic carbocycles. The average molecular weight is 361 g/mol. The molecule has 6 nitrogen and oxygen atoms in total. The van der Waals surface area contributed by atoms with Gasteiger partial charge < -0.3 is 4.90 Å². The first-order valence-corrected chi connectivity index (χ1v) is 9.25. The molecule has 1 aliphatic heterocycles. The predicted molar refractivity (Wildman–Crippen MR) is 104 cm³/mol. The molecule has 1 N–H and O–H groups in total. The number of aryl methyl sites for hydroxylation is 2. The van der Waals surface area contributed by atoms with Gasteiger partial charge in [0, 0.05) is 47.6 Å². The minimum absolute atomic E-state index is 0.0204. The lowest BCUT2D eigenvalue weighted by Crippen LogP contribution is -2.34. The van der Waals surface area contributed by atoms with E-state index in [4.69, 9.17) is 0 Å². The van der Waals surface area contributed by atoms with Crippen LogP contribution in [-0.2, 0) is 12.8 Å². The maximum atomic E-state index is 13.0. The number of aromatic amines is 1. The lowest BCUT2D eigenvalue weighted by Gasteiger charge is -2.21. The predicted octanol–water partition coefficient (Wildman–Crippen LogP) is 3.03. The van der Waals surface area contributed by atoms with Gasteiger partial charge in [0.25, 0.3) is 5.91 Å². The summed E-state index contributed by atoms with van der Waals surface area (Å²) in [5.41, 5.74) is 7.87. The number of hydrogen-bond acceptors (Lipinski definition) is 4. The molecule has 3 aromatic rings. The number of H-pyrrole nitrogens is 1. The van der Waals surface area contributed by atoms with E-state index in [0.717, 1.165) is 41.1 Å². The van der Waals surface area contributed by atoms with Crippen LogP contribution in [0, 0.1) is 20.8 Å². The van der Waals surface area contributed by atoms with Gasteiger partial charge in [-0.05, 0) is 27.2 Å². The van der Waals surface area contributed by atoms with E-state index < -0.39 is 0 Å². The first-order chi connectivity index (χ1) is 13.0. The van der Waals surface area contributed by atoms with E-state index >= 15 is 0 Å². The molecule has 27 heavy (non-hydrogen) atoms. The third-order valence-electron chi connectivity index (χ3n) is 5.37. The fourth-order valence-electron chi connectivity index (χ4n) is 3.54. The van der Waals surface area contributed by atoms with E-state index in [9.17, 15) is 4.79 Å². The molecule has 2 aromatic heterocycles. The van der Waals surface area contributed by atoms with Crippen LogP contribution in [0.15, 0.2) is 30.6 Å². The van der Waals surface area contributed by atoms with Crippen molar-refractivity contribution in [2.24, 2.45) is 0 Å². The van der Waals surface area contributed by atoms with Gasteiger partial charge in [0.1, 0.15) is 12.0 Å². The van der Waals surface area contributed by atoms with Gasteiger partial charge in [0.2, 0.25) is 0 Å². The summed E-state index contributed by atoms with van der Waals surface area (Å²) in [6.07, 6.45) is 3.02. The zero-order valence-electron chi connectivity index (χ0n) is 15.9. The number of carbonyl (C=O) groups is 1. The van der Waals surface area contributed by atoms with Crippen LogP contribution in [0.25, 0.3) is 11.3 Å². The summed E-state index contributed by atoms with van der Waals surface area (Å²) in [4.78, 5) is 23.3. The van der Waals surface area contributed by atoms with Crippen molar-refractivity contribution in [3.63, 3.8) is 0 Å². The van der Waals surface area contributed by atoms with Crippen molar-refractivity contribution in [3.05, 3.63) is 64.4 Å². The minimum Gasteiger partial charge on any atom is -0.337 e. The summed E-state index contributed by atoms with van der Waals surface area (Å²) in [5.74, 6) is -0.0204. The molecule has 0 spiro atoms. The molecule has 4 rings (SSSR count). The van der Waals surface area contributed by atoms with E-state index in [1.54, 1.807) is 0 Å². The number of amides is 1. The van der Waals surface area contributed by atoms with Gasteiger partial charge in [0.15, 0.2) is 0 Å². The molecule has 0 radical (unpaired) electrons. The van der Waals surface area contributed by atoms with Crippen LogP contribution in [0.1, 0.15) is 38.6 Å². The van der Waals surface area contributed by atoms with Gasteiger partial charge >= 0.3 is 0 Å². The highest BCUT2D eigenvalue weighted by atomic mass is 16.2. The molecule has 1 amide bonds. The second-order valence-corrected chi connectivity index (χ2v) is 7.12. The van der Waals surface area contributed by atoms with Crippen molar-refractivity contribution in [1.82, 2.24) is 25.1 Å². The molecular formula is C21H23N5O. The molecule has 138 valence electrons. The quantitative estimate of drug-likeness (QED) is 0.761. The second kappa shape index (κ2) is 6.95.